The Kier molecular flexibility index (Phi) is 13.6. The quantitative estimate of drug-likeness (QED) is 0.126. The van der Waals surface area contributed by atoms with Crippen molar-refractivity contribution >= 4 is 35.5 Å². The van der Waals surface area contributed by atoms with Gasteiger partial charge in [0, 0.05) is 19.0 Å². The molecule has 0 spiro atoms. The van der Waals surface area contributed by atoms with E-state index in [4.69, 9.17) is 11.5 Å². The molecule has 0 radical (unpaired) electrons. The highest BCUT2D eigenvalue weighted by Crippen LogP contribution is 2.14. The molecule has 13 heteroatoms. The molecule has 4 atom stereocenters. The van der Waals surface area contributed by atoms with Gasteiger partial charge in [0.1, 0.15) is 24.2 Å². The number of nitrogens with two attached hydrogens (primary N) is 2. The average Bonchev–Trinajstić information content (AvgIpc) is 2.94. The largest absolute Gasteiger partial charge is 0.370 e. The van der Waals surface area contributed by atoms with Gasteiger partial charge >= 0.3 is 0 Å². The van der Waals surface area contributed by atoms with Crippen molar-refractivity contribution in [1.29, 1.82) is 0 Å². The molecule has 1 heterocycles. The van der Waals surface area contributed by atoms with Gasteiger partial charge in [0.25, 0.3) is 0 Å². The van der Waals surface area contributed by atoms with Crippen LogP contribution < -0.4 is 38.1 Å². The summed E-state index contributed by atoms with van der Waals surface area (Å²) in [5.74, 6) is -2.75. The van der Waals surface area contributed by atoms with Crippen LogP contribution in [0.25, 0.3) is 0 Å². The lowest BCUT2D eigenvalue weighted by Crippen LogP contribution is -2.57. The first-order valence-electron chi connectivity index (χ1n) is 14.1. The van der Waals surface area contributed by atoms with Crippen molar-refractivity contribution in [2.45, 2.75) is 83.5 Å². The smallest absolute Gasteiger partial charge is 0.247 e. The Balaban J connectivity index is 2.36. The van der Waals surface area contributed by atoms with Gasteiger partial charge in [0.05, 0.1) is 0 Å². The van der Waals surface area contributed by atoms with Crippen LogP contribution in [-0.2, 0) is 24.0 Å². The fourth-order valence-corrected chi connectivity index (χ4v) is 4.25. The van der Waals surface area contributed by atoms with Crippen molar-refractivity contribution in [2.24, 2.45) is 22.4 Å². The Morgan fingerprint density at radius 2 is 1.61 bits per heavy atom. The Labute approximate surface area is 241 Å². The monoisotopic (exact) mass is 572 g/mol. The molecule has 1 aromatic rings. The Hall–Kier alpha value is -4.16. The van der Waals surface area contributed by atoms with Crippen LogP contribution in [0, 0.1) is 5.92 Å². The number of carbonyl (C=O) groups is 5. The SMILES string of the molecule is CCC1NC(=O)C(CCCN=C(N)N)NC(=O)C(NC(=O)C(C)C)CCCCNC(=O)C(c2ccccc2)NC1=O. The van der Waals surface area contributed by atoms with Gasteiger partial charge < -0.3 is 38.1 Å². The van der Waals surface area contributed by atoms with Crippen LogP contribution in [0.15, 0.2) is 35.3 Å². The maximum absolute atomic E-state index is 13.4. The number of hydrogen-bond donors (Lipinski definition) is 7. The van der Waals surface area contributed by atoms with Gasteiger partial charge in [-0.05, 0) is 44.1 Å². The van der Waals surface area contributed by atoms with Crippen LogP contribution in [0.2, 0.25) is 0 Å². The molecule has 2 rings (SSSR count). The van der Waals surface area contributed by atoms with Crippen LogP contribution in [0.1, 0.15) is 70.9 Å². The topological polar surface area (TPSA) is 210 Å². The highest BCUT2D eigenvalue weighted by atomic mass is 16.2. The second kappa shape index (κ2) is 16.8. The van der Waals surface area contributed by atoms with Gasteiger partial charge in [-0.2, -0.15) is 0 Å². The lowest BCUT2D eigenvalue weighted by atomic mass is 10.0. The summed E-state index contributed by atoms with van der Waals surface area (Å²) >= 11 is 0. The summed E-state index contributed by atoms with van der Waals surface area (Å²) in [5.41, 5.74) is 11.4. The number of rotatable bonds is 8. The molecular formula is C28H44N8O5. The molecule has 0 saturated carbocycles. The number of benzene rings is 1. The number of carbonyl (C=O) groups excluding carboxylic acids is 5. The summed E-state index contributed by atoms with van der Waals surface area (Å²) in [5, 5.41) is 13.8. The fourth-order valence-electron chi connectivity index (χ4n) is 4.25. The van der Waals surface area contributed by atoms with Gasteiger partial charge in [0.15, 0.2) is 5.96 Å². The van der Waals surface area contributed by atoms with E-state index in [1.165, 1.54) is 0 Å². The number of aliphatic imine (C=N–C) groups is 1. The molecular weight excluding hydrogens is 528 g/mol. The van der Waals surface area contributed by atoms with Gasteiger partial charge in [-0.15, -0.1) is 0 Å². The number of hydrogen-bond acceptors (Lipinski definition) is 6. The lowest BCUT2D eigenvalue weighted by molar-refractivity contribution is -0.135. The standard InChI is InChI=1S/C28H44N8O5/c1-4-19-24(38)36-22(18-11-6-5-7-12-18)27(41)31-15-9-8-13-20(34-23(37)17(2)3)26(40)35-21(25(39)33-19)14-10-16-32-28(29)30/h5-7,11-12,17,19-22H,4,8-10,13-16H2,1-3H3,(H,31,41)(H,33,39)(H,34,37)(H,35,40)(H,36,38)(H4,29,30,32). The van der Waals surface area contributed by atoms with Crippen molar-refractivity contribution in [3.05, 3.63) is 35.9 Å². The normalized spacial score (nSPS) is 23.0. The maximum atomic E-state index is 13.4. The van der Waals surface area contributed by atoms with Gasteiger partial charge in [-0.1, -0.05) is 51.1 Å². The second-order valence-electron chi connectivity index (χ2n) is 10.3. The first-order chi connectivity index (χ1) is 19.5. The third kappa shape index (κ3) is 11.1. The third-order valence-electron chi connectivity index (χ3n) is 6.68. The number of amides is 5. The minimum absolute atomic E-state index is 0.0901. The predicted molar refractivity (Wildman–Crippen MR) is 155 cm³/mol. The van der Waals surface area contributed by atoms with E-state index in [-0.39, 0.29) is 37.2 Å². The molecule has 13 nitrogen and oxygen atoms in total. The van der Waals surface area contributed by atoms with E-state index in [2.05, 4.69) is 31.6 Å². The summed E-state index contributed by atoms with van der Waals surface area (Å²) in [4.78, 5) is 69.5. The molecule has 5 amide bonds. The molecule has 1 fully saturated rings. The fraction of sp³-hybridized carbons (Fsp3) is 0.571. The predicted octanol–water partition coefficient (Wildman–Crippen LogP) is -0.282. The van der Waals surface area contributed by atoms with Gasteiger partial charge in [-0.3, -0.25) is 29.0 Å². The highest BCUT2D eigenvalue weighted by molar-refractivity contribution is 5.95. The Bertz CT molecular complexity index is 1070. The summed E-state index contributed by atoms with van der Waals surface area (Å²) < 4.78 is 0. The first-order valence-corrected chi connectivity index (χ1v) is 14.1. The van der Waals surface area contributed by atoms with E-state index < -0.39 is 47.8 Å². The second-order valence-corrected chi connectivity index (χ2v) is 10.3. The van der Waals surface area contributed by atoms with Gasteiger partial charge in [-0.25, -0.2) is 0 Å². The van der Waals surface area contributed by atoms with Crippen LogP contribution in [-0.4, -0.2) is 66.7 Å². The summed E-state index contributed by atoms with van der Waals surface area (Å²) in [6, 6.07) is 5.01. The molecule has 0 aromatic heterocycles. The lowest BCUT2D eigenvalue weighted by Gasteiger charge is -2.27. The van der Waals surface area contributed by atoms with E-state index in [9.17, 15) is 24.0 Å². The number of guanidine groups is 1. The van der Waals surface area contributed by atoms with E-state index >= 15 is 0 Å². The van der Waals surface area contributed by atoms with Crippen molar-refractivity contribution in [1.82, 2.24) is 26.6 Å². The van der Waals surface area contributed by atoms with Crippen LogP contribution in [0.4, 0.5) is 0 Å². The molecule has 1 saturated heterocycles. The van der Waals surface area contributed by atoms with Crippen LogP contribution >= 0.6 is 0 Å². The minimum atomic E-state index is -1.02. The zero-order valence-corrected chi connectivity index (χ0v) is 24.1. The van der Waals surface area contributed by atoms with E-state index in [1.54, 1.807) is 45.0 Å². The first kappa shape index (κ1) is 33.0. The molecule has 4 unspecified atom stereocenters. The Morgan fingerprint density at radius 1 is 0.951 bits per heavy atom. The number of nitrogens with one attached hydrogen (secondary N) is 5. The average molecular weight is 573 g/mol. The van der Waals surface area contributed by atoms with E-state index in [0.29, 0.717) is 37.8 Å². The molecule has 9 N–H and O–H groups in total. The van der Waals surface area contributed by atoms with E-state index in [1.807, 2.05) is 6.07 Å². The van der Waals surface area contributed by atoms with Crippen molar-refractivity contribution < 1.29 is 24.0 Å². The molecule has 0 aliphatic carbocycles. The molecule has 0 bridgehead atoms. The van der Waals surface area contributed by atoms with Gasteiger partial charge in [0.2, 0.25) is 29.5 Å². The maximum Gasteiger partial charge on any atom is 0.247 e. The van der Waals surface area contributed by atoms with Crippen molar-refractivity contribution in [3.8, 4) is 0 Å². The molecule has 1 aliphatic heterocycles. The number of nitrogens with zero attached hydrogens (tertiary/aromatic N) is 1. The summed E-state index contributed by atoms with van der Waals surface area (Å²) in [6.07, 6.45) is 2.15. The summed E-state index contributed by atoms with van der Waals surface area (Å²) in [6.45, 7) is 5.71. The Morgan fingerprint density at radius 3 is 2.24 bits per heavy atom. The van der Waals surface area contributed by atoms with Crippen LogP contribution in [0.3, 0.4) is 0 Å². The molecule has 1 aromatic carbocycles. The van der Waals surface area contributed by atoms with E-state index in [0.717, 1.165) is 0 Å². The zero-order valence-electron chi connectivity index (χ0n) is 24.1. The molecule has 1 aliphatic rings. The van der Waals surface area contributed by atoms with Crippen molar-refractivity contribution in [3.63, 3.8) is 0 Å². The van der Waals surface area contributed by atoms with Crippen LogP contribution in [0.5, 0.6) is 0 Å². The zero-order chi connectivity index (χ0) is 30.4. The third-order valence-corrected chi connectivity index (χ3v) is 6.68. The summed E-state index contributed by atoms with van der Waals surface area (Å²) in [7, 11) is 0. The van der Waals surface area contributed by atoms with Crippen molar-refractivity contribution in [2.75, 3.05) is 13.1 Å². The highest BCUT2D eigenvalue weighted by Gasteiger charge is 2.31. The minimum Gasteiger partial charge on any atom is -0.370 e. The molecule has 226 valence electrons. The molecule has 41 heavy (non-hydrogen) atoms.